The highest BCUT2D eigenvalue weighted by Crippen LogP contribution is 2.69. The van der Waals surface area contributed by atoms with Gasteiger partial charge in [0.25, 0.3) is 0 Å². The van der Waals surface area contributed by atoms with Crippen molar-refractivity contribution in [2.24, 2.45) is 29.6 Å². The topological polar surface area (TPSA) is 115 Å². The van der Waals surface area contributed by atoms with E-state index in [1.807, 2.05) is 24.3 Å². The van der Waals surface area contributed by atoms with Crippen molar-refractivity contribution in [3.63, 3.8) is 0 Å². The number of hydrogen-bond donors (Lipinski definition) is 1. The summed E-state index contributed by atoms with van der Waals surface area (Å²) < 4.78 is 16.3. The molecule has 2 aromatic carbocycles. The van der Waals surface area contributed by atoms with Gasteiger partial charge in [-0.3, -0.25) is 19.3 Å². The first-order valence-electron chi connectivity index (χ1n) is 13.7. The SMILES string of the molecule is CCOC(=O)COc1ccccc1[C@H]1c2sc(=O)[nH]c2SC2C3CC(C4C(=O)N(c5ccc(OC)cc5)C(=O)C34)C21. The van der Waals surface area contributed by atoms with Crippen molar-refractivity contribution in [2.75, 3.05) is 25.2 Å². The number of fused-ring (bicyclic) bond motifs is 9. The summed E-state index contributed by atoms with van der Waals surface area (Å²) >= 11 is 2.82. The van der Waals surface area contributed by atoms with Crippen molar-refractivity contribution in [3.8, 4) is 11.5 Å². The van der Waals surface area contributed by atoms with Gasteiger partial charge in [0, 0.05) is 21.6 Å². The number of anilines is 1. The van der Waals surface area contributed by atoms with Crippen LogP contribution < -0.4 is 19.2 Å². The number of carbonyl (C=O) groups is 3. The highest BCUT2D eigenvalue weighted by Gasteiger charge is 2.69. The molecule has 1 N–H and O–H groups in total. The minimum atomic E-state index is -0.456. The zero-order valence-electron chi connectivity index (χ0n) is 22.4. The van der Waals surface area contributed by atoms with E-state index in [0.717, 1.165) is 21.9 Å². The Morgan fingerprint density at radius 1 is 1.02 bits per heavy atom. The van der Waals surface area contributed by atoms with Gasteiger partial charge in [-0.1, -0.05) is 29.5 Å². The number of benzene rings is 2. The molecule has 3 fully saturated rings. The van der Waals surface area contributed by atoms with Gasteiger partial charge in [-0.2, -0.15) is 0 Å². The first kappa shape index (κ1) is 26.3. The second-order valence-electron chi connectivity index (χ2n) is 10.8. The number of nitrogens with zero attached hydrogens (tertiary/aromatic N) is 1. The van der Waals surface area contributed by atoms with Crippen LogP contribution in [-0.4, -0.2) is 48.3 Å². The van der Waals surface area contributed by atoms with Gasteiger partial charge in [0.15, 0.2) is 6.61 Å². The fourth-order valence-electron chi connectivity index (χ4n) is 7.56. The fourth-order valence-corrected chi connectivity index (χ4v) is 10.4. The lowest BCUT2D eigenvalue weighted by atomic mass is 9.68. The summed E-state index contributed by atoms with van der Waals surface area (Å²) in [5.41, 5.74) is 1.43. The first-order valence-corrected chi connectivity index (χ1v) is 15.4. The molecular formula is C30H28N2O7S2. The Bertz CT molecular complexity index is 1600. The molecule has 7 rings (SSSR count). The summed E-state index contributed by atoms with van der Waals surface area (Å²) in [5, 5.41) is 0.869. The van der Waals surface area contributed by atoms with Crippen molar-refractivity contribution >= 4 is 46.6 Å². The molecule has 212 valence electrons. The highest BCUT2D eigenvalue weighted by atomic mass is 32.2. The van der Waals surface area contributed by atoms with E-state index in [1.165, 1.54) is 16.2 Å². The molecule has 1 aromatic heterocycles. The number of H-pyrrole nitrogens is 1. The predicted octanol–water partition coefficient (Wildman–Crippen LogP) is 4.06. The van der Waals surface area contributed by atoms with Crippen LogP contribution in [0.1, 0.15) is 29.7 Å². The van der Waals surface area contributed by atoms with Crippen LogP contribution in [0.3, 0.4) is 0 Å². The number of amides is 2. The minimum Gasteiger partial charge on any atom is -0.497 e. The Hall–Kier alpha value is -3.57. The highest BCUT2D eigenvalue weighted by molar-refractivity contribution is 8.00. The maximum absolute atomic E-state index is 14.0. The van der Waals surface area contributed by atoms with Gasteiger partial charge in [-0.15, -0.1) is 11.8 Å². The van der Waals surface area contributed by atoms with Crippen LogP contribution in [0.4, 0.5) is 5.69 Å². The van der Waals surface area contributed by atoms with E-state index in [-0.39, 0.29) is 64.7 Å². The molecule has 1 saturated heterocycles. The number of para-hydroxylation sites is 1. The molecular weight excluding hydrogens is 564 g/mol. The molecule has 3 heterocycles. The number of nitrogens with one attached hydrogen (secondary N) is 1. The van der Waals surface area contributed by atoms with E-state index in [0.29, 0.717) is 17.2 Å². The first-order chi connectivity index (χ1) is 19.9. The number of imide groups is 1. The smallest absolute Gasteiger partial charge is 0.344 e. The second kappa shape index (κ2) is 10.1. The quantitative estimate of drug-likeness (QED) is 0.323. The van der Waals surface area contributed by atoms with Crippen LogP contribution in [-0.2, 0) is 19.1 Å². The molecule has 0 radical (unpaired) electrons. The maximum Gasteiger partial charge on any atom is 0.344 e. The molecule has 6 unspecified atom stereocenters. The number of thiazole rings is 1. The average Bonchev–Trinajstić information content (AvgIpc) is 3.71. The largest absolute Gasteiger partial charge is 0.497 e. The number of aromatic nitrogens is 1. The number of ether oxygens (including phenoxy) is 3. The number of methoxy groups -OCH3 is 1. The second-order valence-corrected chi connectivity index (χ2v) is 13.0. The van der Waals surface area contributed by atoms with Gasteiger partial charge < -0.3 is 19.2 Å². The zero-order valence-corrected chi connectivity index (χ0v) is 24.0. The van der Waals surface area contributed by atoms with Crippen LogP contribution in [0, 0.1) is 29.6 Å². The van der Waals surface area contributed by atoms with Crippen LogP contribution in [0.5, 0.6) is 11.5 Å². The third-order valence-electron chi connectivity index (χ3n) is 8.96. The number of aromatic amines is 1. The normalized spacial score (nSPS) is 29.2. The molecule has 2 bridgehead atoms. The lowest BCUT2D eigenvalue weighted by molar-refractivity contribution is -0.145. The number of hydrogen-bond acceptors (Lipinski definition) is 9. The van der Waals surface area contributed by atoms with Crippen LogP contribution >= 0.6 is 23.1 Å². The minimum absolute atomic E-state index is 0.00589. The van der Waals surface area contributed by atoms with E-state index in [9.17, 15) is 19.2 Å². The Balaban J connectivity index is 1.27. The van der Waals surface area contributed by atoms with Crippen LogP contribution in [0.15, 0.2) is 58.4 Å². The van der Waals surface area contributed by atoms with Gasteiger partial charge in [0.1, 0.15) is 11.5 Å². The molecule has 2 saturated carbocycles. The number of carbonyl (C=O) groups excluding carboxylic acids is 3. The molecule has 9 nitrogen and oxygen atoms in total. The fraction of sp³-hybridized carbons (Fsp3) is 0.400. The van der Waals surface area contributed by atoms with E-state index >= 15 is 0 Å². The predicted molar refractivity (Wildman–Crippen MR) is 153 cm³/mol. The number of rotatable bonds is 7. The summed E-state index contributed by atoms with van der Waals surface area (Å²) in [6.45, 7) is 1.78. The number of thioether (sulfide) groups is 1. The number of esters is 1. The van der Waals surface area contributed by atoms with E-state index in [4.69, 9.17) is 14.2 Å². The van der Waals surface area contributed by atoms with E-state index < -0.39 is 11.9 Å². The average molecular weight is 593 g/mol. The Labute approximate surface area is 244 Å². The summed E-state index contributed by atoms with van der Waals surface area (Å²) in [6.07, 6.45) is 0.785. The lowest BCUT2D eigenvalue weighted by Gasteiger charge is -2.43. The van der Waals surface area contributed by atoms with Crippen LogP contribution in [0.25, 0.3) is 0 Å². The van der Waals surface area contributed by atoms with Crippen molar-refractivity contribution in [3.05, 3.63) is 68.6 Å². The Morgan fingerprint density at radius 2 is 1.76 bits per heavy atom. The molecule has 4 aliphatic rings. The molecule has 41 heavy (non-hydrogen) atoms. The van der Waals surface area contributed by atoms with Gasteiger partial charge in [-0.05, 0) is 61.4 Å². The van der Waals surface area contributed by atoms with E-state index in [2.05, 4.69) is 4.98 Å². The third-order valence-corrected chi connectivity index (χ3v) is 11.5. The van der Waals surface area contributed by atoms with Crippen molar-refractivity contribution < 1.29 is 28.6 Å². The monoisotopic (exact) mass is 592 g/mol. The summed E-state index contributed by atoms with van der Waals surface area (Å²) in [5.74, 6) is -0.563. The van der Waals surface area contributed by atoms with E-state index in [1.54, 1.807) is 50.1 Å². The molecule has 2 amide bonds. The summed E-state index contributed by atoms with van der Waals surface area (Å²) in [4.78, 5) is 57.6. The maximum atomic E-state index is 14.0. The molecule has 7 atom stereocenters. The van der Waals surface area contributed by atoms with Gasteiger partial charge >= 0.3 is 10.8 Å². The van der Waals surface area contributed by atoms with Crippen molar-refractivity contribution in [1.29, 1.82) is 0 Å². The van der Waals surface area contributed by atoms with Gasteiger partial charge in [-0.25, -0.2) is 4.79 Å². The third kappa shape index (κ3) is 4.04. The van der Waals surface area contributed by atoms with Crippen LogP contribution in [0.2, 0.25) is 0 Å². The molecule has 3 aromatic rings. The molecule has 11 heteroatoms. The standard InChI is InChI=1S/C30H28N2O7S2/c1-3-38-20(33)13-39-19-7-5-4-6-16(19)21-22-17-12-18(25(22)40-27-26(21)41-30(36)31-27)24-23(17)28(34)32(29(24)35)14-8-10-15(37-2)11-9-14/h4-11,17-18,21-25H,3,12-13H2,1-2H3,(H,31,36)/t17?,18?,21-,22?,23?,24?,25?/m1/s1. The summed E-state index contributed by atoms with van der Waals surface area (Å²) in [6, 6.07) is 14.6. The molecule has 2 aliphatic heterocycles. The van der Waals surface area contributed by atoms with Crippen molar-refractivity contribution in [2.45, 2.75) is 29.5 Å². The van der Waals surface area contributed by atoms with Crippen molar-refractivity contribution in [1.82, 2.24) is 4.98 Å². The Morgan fingerprint density at radius 3 is 2.49 bits per heavy atom. The lowest BCUT2D eigenvalue weighted by Crippen LogP contribution is -2.42. The van der Waals surface area contributed by atoms with Gasteiger partial charge in [0.2, 0.25) is 11.8 Å². The van der Waals surface area contributed by atoms with Gasteiger partial charge in [0.05, 0.1) is 36.3 Å². The molecule has 0 spiro atoms. The summed E-state index contributed by atoms with van der Waals surface area (Å²) in [7, 11) is 1.57. The molecule has 2 aliphatic carbocycles. The zero-order chi connectivity index (χ0) is 28.4. The Kier molecular flexibility index (Phi) is 6.46.